The maximum Gasteiger partial charge on any atom is 0.303 e. The molecule has 4 rings (SSSR count). The zero-order valence-corrected chi connectivity index (χ0v) is 43.5. The molecule has 3 amide bonds. The maximum absolute atomic E-state index is 14.4. The van der Waals surface area contributed by atoms with Crippen LogP contribution in [0.1, 0.15) is 150 Å². The molecule has 2 aliphatic heterocycles. The van der Waals surface area contributed by atoms with Crippen LogP contribution in [0.4, 0.5) is 0 Å². The Balaban J connectivity index is 1.35. The number of likely N-dealkylation sites (N-methyl/N-ethyl adjacent to an activating group) is 1. The van der Waals surface area contributed by atoms with Crippen LogP contribution < -0.4 is 5.32 Å². The number of rotatable bonds is 30. The molecule has 2 N–H and O–H groups in total. The lowest BCUT2D eigenvalue weighted by molar-refractivity contribution is -0.198. The molecular formula is C54H88N4O10. The number of methoxy groups -OCH3 is 2. The van der Waals surface area contributed by atoms with Gasteiger partial charge in [0.25, 0.3) is 0 Å². The minimum Gasteiger partial charge on any atom is -0.481 e. The Hall–Kier alpha value is -3.72. The number of nitrogens with zero attached hydrogens (tertiary/aromatic N) is 3. The van der Waals surface area contributed by atoms with Crippen molar-refractivity contribution in [3.8, 4) is 0 Å². The molecule has 2 heterocycles. The normalized spacial score (nSPS) is 23.1. The molecule has 0 radical (unpaired) electrons. The van der Waals surface area contributed by atoms with Gasteiger partial charge in [-0.15, -0.1) is 0 Å². The molecule has 1 aromatic carbocycles. The Morgan fingerprint density at radius 2 is 1.57 bits per heavy atom. The third-order valence-corrected chi connectivity index (χ3v) is 15.5. The number of Topliss-reactive ketones (excluding diaryl/α,β-unsaturated/α-hetero) is 2. The number of carboxylic acid groups (broad SMARTS) is 1. The first-order valence-electron chi connectivity index (χ1n) is 26.0. The predicted molar refractivity (Wildman–Crippen MR) is 263 cm³/mol. The van der Waals surface area contributed by atoms with Gasteiger partial charge >= 0.3 is 5.97 Å². The highest BCUT2D eigenvalue weighted by atomic mass is 16.7. The molecule has 3 fully saturated rings. The Bertz CT molecular complexity index is 1770. The van der Waals surface area contributed by atoms with Crippen LogP contribution >= 0.6 is 0 Å². The highest BCUT2D eigenvalue weighted by Gasteiger charge is 2.56. The van der Waals surface area contributed by atoms with E-state index in [9.17, 15) is 28.8 Å². The fourth-order valence-electron chi connectivity index (χ4n) is 11.5. The van der Waals surface area contributed by atoms with E-state index in [0.29, 0.717) is 51.9 Å². The van der Waals surface area contributed by atoms with E-state index in [0.717, 1.165) is 44.1 Å². The van der Waals surface area contributed by atoms with Crippen molar-refractivity contribution in [3.05, 3.63) is 35.9 Å². The van der Waals surface area contributed by atoms with E-state index in [1.807, 2.05) is 69.7 Å². The standard InChI is InChI=1S/C54H88N4O10/c1-12-37(7)41(31-36(6)32-44(60)50(34(2)3)55-53(64)51(35(4)5)56(9)27-20-26-47(62)63)45(66-10)33-46(61)57-28-19-24-42(57)52(67-11)38(8)43(59)25-18-23-40-48(39-21-14-13-15-22-39)49(40)54(65)58-29-16-17-30-68-58/h13-15,21-22,34-38,40-42,45,48-52H,12,16-20,23-33H2,1-11H3,(H,55,64)(H,62,63). The van der Waals surface area contributed by atoms with Crippen LogP contribution in [0.25, 0.3) is 0 Å². The van der Waals surface area contributed by atoms with Gasteiger partial charge in [0.2, 0.25) is 17.7 Å². The fraction of sp³-hybridized carbons (Fsp3) is 0.778. The summed E-state index contributed by atoms with van der Waals surface area (Å²) in [6, 6.07) is 8.74. The van der Waals surface area contributed by atoms with E-state index in [1.54, 1.807) is 19.3 Å². The molecule has 0 aromatic heterocycles. The smallest absolute Gasteiger partial charge is 0.303 e. The summed E-state index contributed by atoms with van der Waals surface area (Å²) in [7, 11) is 5.10. The topological polar surface area (TPSA) is 172 Å². The van der Waals surface area contributed by atoms with Gasteiger partial charge in [-0.25, -0.2) is 5.06 Å². The number of ketones is 2. The monoisotopic (exact) mass is 953 g/mol. The highest BCUT2D eigenvalue weighted by Crippen LogP contribution is 2.57. The fourth-order valence-corrected chi connectivity index (χ4v) is 11.5. The zero-order valence-electron chi connectivity index (χ0n) is 43.5. The van der Waals surface area contributed by atoms with Gasteiger partial charge in [-0.2, -0.15) is 0 Å². The van der Waals surface area contributed by atoms with E-state index >= 15 is 0 Å². The first-order valence-corrected chi connectivity index (χ1v) is 26.0. The molecular weight excluding hydrogens is 865 g/mol. The van der Waals surface area contributed by atoms with Crippen molar-refractivity contribution in [1.29, 1.82) is 0 Å². The number of carboxylic acids is 1. The van der Waals surface area contributed by atoms with Gasteiger partial charge in [-0.1, -0.05) is 92.1 Å². The quantitative estimate of drug-likeness (QED) is 0.0767. The lowest BCUT2D eigenvalue weighted by Crippen LogP contribution is -2.54. The molecule has 3 aliphatic rings. The molecule has 12 unspecified atom stereocenters. The van der Waals surface area contributed by atoms with Crippen LogP contribution in [0.5, 0.6) is 0 Å². The number of likely N-dealkylation sites (tertiary alicyclic amines) is 1. The van der Waals surface area contributed by atoms with Crippen LogP contribution in [0.15, 0.2) is 30.3 Å². The molecule has 0 spiro atoms. The summed E-state index contributed by atoms with van der Waals surface area (Å²) in [5, 5.41) is 13.7. The highest BCUT2D eigenvalue weighted by molar-refractivity contribution is 5.91. The minimum atomic E-state index is -0.874. The number of benzene rings is 1. The van der Waals surface area contributed by atoms with E-state index in [1.165, 1.54) is 0 Å². The number of carbonyl (C=O) groups excluding carboxylic acids is 5. The summed E-state index contributed by atoms with van der Waals surface area (Å²) >= 11 is 0. The van der Waals surface area contributed by atoms with Gasteiger partial charge in [0, 0.05) is 52.5 Å². The number of amides is 3. The molecule has 1 saturated carbocycles. The molecule has 0 bridgehead atoms. The summed E-state index contributed by atoms with van der Waals surface area (Å²) < 4.78 is 12.2. The van der Waals surface area contributed by atoms with Crippen molar-refractivity contribution in [2.75, 3.05) is 47.5 Å². The van der Waals surface area contributed by atoms with Crippen LogP contribution in [0, 0.1) is 47.3 Å². The Morgan fingerprint density at radius 1 is 0.868 bits per heavy atom. The first kappa shape index (κ1) is 56.9. The Morgan fingerprint density at radius 3 is 2.16 bits per heavy atom. The summed E-state index contributed by atoms with van der Waals surface area (Å²) in [6.07, 6.45) is 6.82. The molecule has 384 valence electrons. The van der Waals surface area contributed by atoms with Crippen LogP contribution in [0.2, 0.25) is 0 Å². The van der Waals surface area contributed by atoms with Crippen molar-refractivity contribution in [3.63, 3.8) is 0 Å². The largest absolute Gasteiger partial charge is 0.481 e. The molecule has 1 aromatic rings. The number of ether oxygens (including phenoxy) is 2. The number of hydroxylamine groups is 2. The second kappa shape index (κ2) is 27.6. The summed E-state index contributed by atoms with van der Waals surface area (Å²) in [5.41, 5.74) is 1.15. The van der Waals surface area contributed by atoms with Gasteiger partial charge in [0.15, 0.2) is 5.78 Å². The van der Waals surface area contributed by atoms with Crippen LogP contribution in [0.3, 0.4) is 0 Å². The number of aliphatic carboxylic acids is 1. The van der Waals surface area contributed by atoms with E-state index < -0.39 is 30.1 Å². The summed E-state index contributed by atoms with van der Waals surface area (Å²) in [5.74, 6) is -1.36. The Kier molecular flexibility index (Phi) is 23.1. The van der Waals surface area contributed by atoms with Gasteiger partial charge in [-0.05, 0) is 112 Å². The summed E-state index contributed by atoms with van der Waals surface area (Å²) in [6.45, 7) is 18.3. The van der Waals surface area contributed by atoms with E-state index in [4.69, 9.17) is 19.4 Å². The van der Waals surface area contributed by atoms with Crippen molar-refractivity contribution in [2.24, 2.45) is 47.3 Å². The predicted octanol–water partition coefficient (Wildman–Crippen LogP) is 7.97. The Labute approximate surface area is 408 Å². The summed E-state index contributed by atoms with van der Waals surface area (Å²) in [4.78, 5) is 90.2. The first-order chi connectivity index (χ1) is 32.4. The second-order valence-corrected chi connectivity index (χ2v) is 21.2. The zero-order chi connectivity index (χ0) is 50.2. The molecule has 2 saturated heterocycles. The van der Waals surface area contributed by atoms with Crippen molar-refractivity contribution < 1.29 is 48.2 Å². The van der Waals surface area contributed by atoms with Crippen molar-refractivity contribution in [2.45, 2.75) is 175 Å². The number of hydrogen-bond acceptors (Lipinski definition) is 10. The van der Waals surface area contributed by atoms with Crippen LogP contribution in [-0.2, 0) is 43.1 Å². The number of hydrogen-bond donors (Lipinski definition) is 2. The van der Waals surface area contributed by atoms with Crippen molar-refractivity contribution >= 4 is 35.3 Å². The van der Waals surface area contributed by atoms with E-state index in [2.05, 4.69) is 38.2 Å². The average Bonchev–Trinajstić information content (AvgIpc) is 3.82. The van der Waals surface area contributed by atoms with Gasteiger partial charge in [-0.3, -0.25) is 38.5 Å². The molecule has 1 aliphatic carbocycles. The molecule has 68 heavy (non-hydrogen) atoms. The molecule has 14 nitrogen and oxygen atoms in total. The molecule has 14 heteroatoms. The SMILES string of the molecule is CCC(C)C(CC(C)CC(=O)C(NC(=O)C(C(C)C)N(C)CCCC(=O)O)C(C)C)C(CC(=O)N1CCCC1C(OC)C(C)C(=O)CCCC1C(C(=O)N2CCCCO2)C1c1ccccc1)OC. The lowest BCUT2D eigenvalue weighted by Gasteiger charge is -2.37. The lowest BCUT2D eigenvalue weighted by atomic mass is 9.77. The van der Waals surface area contributed by atoms with E-state index in [-0.39, 0.29) is 108 Å². The van der Waals surface area contributed by atoms with Gasteiger partial charge < -0.3 is 24.8 Å². The van der Waals surface area contributed by atoms with Gasteiger partial charge in [0.1, 0.15) is 5.78 Å². The van der Waals surface area contributed by atoms with Crippen LogP contribution in [-0.4, -0.2) is 133 Å². The molecule has 12 atom stereocenters. The van der Waals surface area contributed by atoms with Gasteiger partial charge in [0.05, 0.1) is 49.3 Å². The average molecular weight is 953 g/mol. The van der Waals surface area contributed by atoms with Crippen molar-refractivity contribution in [1.82, 2.24) is 20.2 Å². The second-order valence-electron chi connectivity index (χ2n) is 21.2. The third kappa shape index (κ3) is 15.6. The third-order valence-electron chi connectivity index (χ3n) is 15.5. The minimum absolute atomic E-state index is 0.0105. The maximum atomic E-state index is 14.4. The number of nitrogens with one attached hydrogen (secondary N) is 1. The number of carbonyl (C=O) groups is 6.